The maximum Gasteiger partial charge on any atom is 0.335 e. The first-order valence-electron chi connectivity index (χ1n) is 9.90. The Balaban J connectivity index is 1.60. The topological polar surface area (TPSA) is 71.0 Å². The van der Waals surface area contributed by atoms with Gasteiger partial charge in [0.2, 0.25) is 5.13 Å². The number of aromatic nitrogens is 2. The summed E-state index contributed by atoms with van der Waals surface area (Å²) in [6, 6.07) is 7.78. The Morgan fingerprint density at radius 3 is 2.74 bits per heavy atom. The van der Waals surface area contributed by atoms with Crippen LogP contribution in [0.3, 0.4) is 0 Å². The summed E-state index contributed by atoms with van der Waals surface area (Å²) >= 11 is 3.52. The highest BCUT2D eigenvalue weighted by Crippen LogP contribution is 2.41. The Morgan fingerprint density at radius 1 is 1.29 bits per heavy atom. The van der Waals surface area contributed by atoms with Crippen molar-refractivity contribution in [3.63, 3.8) is 0 Å². The van der Waals surface area contributed by atoms with Gasteiger partial charge >= 0.3 is 6.03 Å². The SMILES string of the molecule is COc1ccc(N2CCOCC2)c2sc(N(I)C(=O)N(C)Cc3ccc(C)nc3)nc12. The fourth-order valence-electron chi connectivity index (χ4n) is 3.43. The molecule has 10 heteroatoms. The van der Waals surface area contributed by atoms with Gasteiger partial charge in [-0.05, 0) is 30.7 Å². The van der Waals surface area contributed by atoms with Crippen LogP contribution >= 0.6 is 34.2 Å². The van der Waals surface area contributed by atoms with Gasteiger partial charge in [0.05, 0.1) is 53.6 Å². The van der Waals surface area contributed by atoms with Crippen LogP contribution in [-0.2, 0) is 11.3 Å². The summed E-state index contributed by atoms with van der Waals surface area (Å²) in [6.07, 6.45) is 1.80. The van der Waals surface area contributed by atoms with Crippen molar-refractivity contribution >= 4 is 61.3 Å². The van der Waals surface area contributed by atoms with Crippen molar-refractivity contribution in [3.8, 4) is 5.75 Å². The Kier molecular flexibility index (Phi) is 6.77. The number of fused-ring (bicyclic) bond motifs is 1. The largest absolute Gasteiger partial charge is 0.494 e. The monoisotopic (exact) mass is 553 g/mol. The van der Waals surface area contributed by atoms with Gasteiger partial charge in [0.1, 0.15) is 11.3 Å². The number of aryl methyl sites for hydroxylation is 1. The average molecular weight is 553 g/mol. The summed E-state index contributed by atoms with van der Waals surface area (Å²) in [5.41, 5.74) is 3.80. The van der Waals surface area contributed by atoms with Gasteiger partial charge in [-0.2, -0.15) is 0 Å². The molecule has 0 spiro atoms. The number of nitrogens with zero attached hydrogens (tertiary/aromatic N) is 5. The number of hydrogen-bond acceptors (Lipinski definition) is 7. The van der Waals surface area contributed by atoms with Crippen molar-refractivity contribution in [2.75, 3.05) is 48.5 Å². The van der Waals surface area contributed by atoms with Crippen LogP contribution in [0.1, 0.15) is 11.3 Å². The summed E-state index contributed by atoms with van der Waals surface area (Å²) < 4.78 is 13.6. The predicted molar refractivity (Wildman–Crippen MR) is 132 cm³/mol. The smallest absolute Gasteiger partial charge is 0.335 e. The number of morpholine rings is 1. The molecule has 0 aliphatic carbocycles. The maximum atomic E-state index is 13.1. The Morgan fingerprint density at radius 2 is 2.06 bits per heavy atom. The average Bonchev–Trinajstić information content (AvgIpc) is 3.25. The third kappa shape index (κ3) is 4.70. The Labute approximate surface area is 199 Å². The number of thiazole rings is 1. The third-order valence-electron chi connectivity index (χ3n) is 5.10. The normalized spacial score (nSPS) is 14.0. The van der Waals surface area contributed by atoms with Crippen molar-refractivity contribution < 1.29 is 14.3 Å². The van der Waals surface area contributed by atoms with Gasteiger partial charge in [0, 0.05) is 38.6 Å². The zero-order valence-electron chi connectivity index (χ0n) is 17.7. The number of benzene rings is 1. The number of amides is 2. The molecule has 0 bridgehead atoms. The van der Waals surface area contributed by atoms with Gasteiger partial charge < -0.3 is 19.3 Å². The number of carbonyl (C=O) groups excluding carboxylic acids is 1. The standard InChI is InChI=1S/C21H24IN5O3S/c1-14-4-5-15(12-23-14)13-25(2)21(28)27(22)20-24-18-17(29-3)7-6-16(19(18)31-20)26-8-10-30-11-9-26/h4-7,12H,8-11,13H2,1-3H3. The first-order valence-corrected chi connectivity index (χ1v) is 11.7. The molecule has 8 nitrogen and oxygen atoms in total. The molecule has 3 heterocycles. The number of halogens is 1. The van der Waals surface area contributed by atoms with E-state index in [0.717, 1.165) is 40.3 Å². The second-order valence-corrected chi connectivity index (χ2v) is 9.23. The molecule has 0 radical (unpaired) electrons. The molecular formula is C21H24IN5O3S. The van der Waals surface area contributed by atoms with Gasteiger partial charge in [0.25, 0.3) is 0 Å². The van der Waals surface area contributed by atoms with Gasteiger partial charge in [-0.25, -0.2) is 12.9 Å². The molecule has 164 valence electrons. The van der Waals surface area contributed by atoms with Crippen LogP contribution in [0.2, 0.25) is 0 Å². The van der Waals surface area contributed by atoms with E-state index in [1.54, 1.807) is 28.4 Å². The highest BCUT2D eigenvalue weighted by Gasteiger charge is 2.25. The molecule has 4 rings (SSSR count). The maximum absolute atomic E-state index is 13.1. The molecule has 3 aromatic rings. The van der Waals surface area contributed by atoms with Crippen molar-refractivity contribution in [2.45, 2.75) is 13.5 Å². The summed E-state index contributed by atoms with van der Waals surface area (Å²) in [6.45, 7) is 5.48. The number of hydrogen-bond donors (Lipinski definition) is 0. The number of methoxy groups -OCH3 is 1. The minimum absolute atomic E-state index is 0.146. The quantitative estimate of drug-likeness (QED) is 0.348. The van der Waals surface area contributed by atoms with Crippen LogP contribution in [0.25, 0.3) is 10.2 Å². The van der Waals surface area contributed by atoms with E-state index in [0.29, 0.717) is 30.6 Å². The zero-order chi connectivity index (χ0) is 22.0. The van der Waals surface area contributed by atoms with Crippen LogP contribution in [-0.4, -0.2) is 61.4 Å². The van der Waals surface area contributed by atoms with Crippen LogP contribution in [0.15, 0.2) is 30.5 Å². The molecule has 0 atom stereocenters. The minimum atomic E-state index is -0.146. The highest BCUT2D eigenvalue weighted by atomic mass is 127. The van der Waals surface area contributed by atoms with Crippen LogP contribution in [0.5, 0.6) is 5.75 Å². The van der Waals surface area contributed by atoms with Crippen LogP contribution in [0, 0.1) is 6.92 Å². The molecule has 0 saturated carbocycles. The molecule has 31 heavy (non-hydrogen) atoms. The summed E-state index contributed by atoms with van der Waals surface area (Å²) in [5.74, 6) is 0.700. The van der Waals surface area contributed by atoms with Gasteiger partial charge in [-0.3, -0.25) is 4.98 Å². The number of ether oxygens (including phenoxy) is 2. The lowest BCUT2D eigenvalue weighted by Crippen LogP contribution is -2.36. The van der Waals surface area contributed by atoms with Crippen LogP contribution in [0.4, 0.5) is 15.6 Å². The second-order valence-electron chi connectivity index (χ2n) is 7.29. The molecule has 2 aromatic heterocycles. The Hall–Kier alpha value is -2.18. The number of rotatable bonds is 5. The van der Waals surface area contributed by atoms with Gasteiger partial charge in [-0.1, -0.05) is 17.4 Å². The molecule has 1 fully saturated rings. The van der Waals surface area contributed by atoms with E-state index >= 15 is 0 Å². The predicted octanol–water partition coefficient (Wildman–Crippen LogP) is 4.25. The van der Waals surface area contributed by atoms with Crippen molar-refractivity contribution in [1.29, 1.82) is 0 Å². The lowest BCUT2D eigenvalue weighted by Gasteiger charge is -2.29. The van der Waals surface area contributed by atoms with Gasteiger partial charge in [-0.15, -0.1) is 0 Å². The van der Waals surface area contributed by atoms with Crippen molar-refractivity contribution in [2.24, 2.45) is 0 Å². The molecule has 1 saturated heterocycles. The van der Waals surface area contributed by atoms with Crippen LogP contribution < -0.4 is 12.8 Å². The minimum Gasteiger partial charge on any atom is -0.494 e. The van der Waals surface area contributed by atoms with E-state index in [2.05, 4.69) is 16.0 Å². The van der Waals surface area contributed by atoms with Crippen molar-refractivity contribution in [1.82, 2.24) is 14.9 Å². The zero-order valence-corrected chi connectivity index (χ0v) is 20.6. The van der Waals surface area contributed by atoms with Crippen molar-refractivity contribution in [3.05, 3.63) is 41.7 Å². The van der Waals surface area contributed by atoms with E-state index in [4.69, 9.17) is 14.5 Å². The fourth-order valence-corrected chi connectivity index (χ4v) is 5.22. The summed E-state index contributed by atoms with van der Waals surface area (Å²) in [7, 11) is 3.42. The molecule has 0 N–H and O–H groups in total. The second kappa shape index (κ2) is 9.53. The number of urea groups is 1. The number of carbonyl (C=O) groups is 1. The Bertz CT molecular complexity index is 1070. The molecule has 1 aromatic carbocycles. The van der Waals surface area contributed by atoms with E-state index in [-0.39, 0.29) is 6.03 Å². The molecule has 1 aliphatic rings. The highest BCUT2D eigenvalue weighted by molar-refractivity contribution is 14.1. The third-order valence-corrected chi connectivity index (χ3v) is 7.36. The molecule has 1 aliphatic heterocycles. The first kappa shape index (κ1) is 22.0. The molecule has 2 amide bonds. The molecular weight excluding hydrogens is 529 g/mol. The summed E-state index contributed by atoms with van der Waals surface area (Å²) in [5, 5.41) is 0.619. The number of pyridine rings is 1. The van der Waals surface area contributed by atoms with E-state index < -0.39 is 0 Å². The molecule has 0 unspecified atom stereocenters. The number of anilines is 2. The summed E-state index contributed by atoms with van der Waals surface area (Å²) in [4.78, 5) is 26.1. The lowest BCUT2D eigenvalue weighted by molar-refractivity contribution is 0.123. The van der Waals surface area contributed by atoms with E-state index in [1.165, 1.54) is 11.3 Å². The van der Waals surface area contributed by atoms with Gasteiger partial charge in [0.15, 0.2) is 0 Å². The lowest BCUT2D eigenvalue weighted by atomic mass is 10.2. The van der Waals surface area contributed by atoms with E-state index in [1.807, 2.05) is 48.0 Å². The first-order chi connectivity index (χ1) is 15.0. The van der Waals surface area contributed by atoms with E-state index in [9.17, 15) is 4.79 Å². The fraction of sp³-hybridized carbons (Fsp3) is 0.381.